The van der Waals surface area contributed by atoms with Crippen molar-refractivity contribution in [3.8, 4) is 0 Å². The Kier molecular flexibility index (Phi) is 4.35. The summed E-state index contributed by atoms with van der Waals surface area (Å²) in [5.74, 6) is 0. The molecule has 0 bridgehead atoms. The van der Waals surface area contributed by atoms with Gasteiger partial charge in [0.25, 0.3) is 0 Å². The maximum absolute atomic E-state index is 6.01. The van der Waals surface area contributed by atoms with Crippen LogP contribution in [0.4, 0.5) is 0 Å². The van der Waals surface area contributed by atoms with E-state index in [1.54, 1.807) is 0 Å². The van der Waals surface area contributed by atoms with Gasteiger partial charge in [0.05, 0.1) is 13.2 Å². The molecule has 1 atom stereocenters. The molecule has 14 heavy (non-hydrogen) atoms. The van der Waals surface area contributed by atoms with Gasteiger partial charge in [-0.25, -0.2) is 0 Å². The van der Waals surface area contributed by atoms with E-state index in [9.17, 15) is 0 Å². The second-order valence-corrected chi connectivity index (χ2v) is 4.78. The number of hydrogen-bond donors (Lipinski definition) is 1. The van der Waals surface area contributed by atoms with Crippen LogP contribution < -0.4 is 5.73 Å². The molecule has 0 saturated carbocycles. The average Bonchev–Trinajstić information content (AvgIpc) is 2.18. The van der Waals surface area contributed by atoms with Crippen LogP contribution in [0, 0.1) is 0 Å². The molecule has 1 unspecified atom stereocenters. The molecule has 0 aromatic rings. The molecule has 1 heterocycles. The maximum atomic E-state index is 6.01. The Hall–Kier alpha value is -0.120. The Balaban J connectivity index is 2.45. The molecule has 0 spiro atoms. The molecule has 1 aliphatic rings. The number of ether oxygens (including phenoxy) is 1. The minimum Gasteiger partial charge on any atom is -0.379 e. The molecule has 0 aliphatic carbocycles. The van der Waals surface area contributed by atoms with E-state index in [4.69, 9.17) is 10.5 Å². The summed E-state index contributed by atoms with van der Waals surface area (Å²) in [5, 5.41) is 0. The Morgan fingerprint density at radius 3 is 2.43 bits per heavy atom. The van der Waals surface area contributed by atoms with Crippen molar-refractivity contribution < 1.29 is 4.74 Å². The van der Waals surface area contributed by atoms with Crippen molar-refractivity contribution in [3.63, 3.8) is 0 Å². The summed E-state index contributed by atoms with van der Waals surface area (Å²) >= 11 is 0. The first-order valence-electron chi connectivity index (χ1n) is 5.64. The minimum absolute atomic E-state index is 0.221. The van der Waals surface area contributed by atoms with E-state index < -0.39 is 0 Å². The molecule has 0 aromatic heterocycles. The van der Waals surface area contributed by atoms with Gasteiger partial charge in [-0.3, -0.25) is 4.90 Å². The standard InChI is InChI=1S/C11H24N2O/c1-4-10(12)9-11(2,3)13-5-7-14-8-6-13/h10H,4-9,12H2,1-3H3. The third-order valence-electron chi connectivity index (χ3n) is 3.15. The zero-order valence-electron chi connectivity index (χ0n) is 9.75. The van der Waals surface area contributed by atoms with E-state index in [1.165, 1.54) is 0 Å². The highest BCUT2D eigenvalue weighted by Gasteiger charge is 2.29. The van der Waals surface area contributed by atoms with Gasteiger partial charge in [-0.05, 0) is 26.7 Å². The van der Waals surface area contributed by atoms with Crippen LogP contribution in [-0.2, 0) is 4.74 Å². The van der Waals surface area contributed by atoms with Gasteiger partial charge >= 0.3 is 0 Å². The molecule has 1 fully saturated rings. The van der Waals surface area contributed by atoms with Crippen LogP contribution in [0.1, 0.15) is 33.6 Å². The second-order valence-electron chi connectivity index (χ2n) is 4.78. The van der Waals surface area contributed by atoms with Gasteiger partial charge in [-0.1, -0.05) is 6.92 Å². The molecule has 0 radical (unpaired) electrons. The van der Waals surface area contributed by atoms with Gasteiger partial charge in [0.1, 0.15) is 0 Å². The smallest absolute Gasteiger partial charge is 0.0594 e. The van der Waals surface area contributed by atoms with Crippen LogP contribution in [0.15, 0.2) is 0 Å². The van der Waals surface area contributed by atoms with Gasteiger partial charge in [0.2, 0.25) is 0 Å². The molecular formula is C11H24N2O. The summed E-state index contributed by atoms with van der Waals surface area (Å²) in [6, 6.07) is 0.327. The van der Waals surface area contributed by atoms with Crippen LogP contribution in [0.25, 0.3) is 0 Å². The molecule has 0 aromatic carbocycles. The van der Waals surface area contributed by atoms with Gasteiger partial charge in [0.15, 0.2) is 0 Å². The zero-order chi connectivity index (χ0) is 10.6. The van der Waals surface area contributed by atoms with Crippen LogP contribution in [-0.4, -0.2) is 42.8 Å². The zero-order valence-corrected chi connectivity index (χ0v) is 9.75. The van der Waals surface area contributed by atoms with Crippen molar-refractivity contribution in [1.29, 1.82) is 0 Å². The van der Waals surface area contributed by atoms with Crippen molar-refractivity contribution >= 4 is 0 Å². The van der Waals surface area contributed by atoms with Crippen LogP contribution in [0.5, 0.6) is 0 Å². The van der Waals surface area contributed by atoms with E-state index in [-0.39, 0.29) is 5.54 Å². The summed E-state index contributed by atoms with van der Waals surface area (Å²) < 4.78 is 5.35. The van der Waals surface area contributed by atoms with Crippen molar-refractivity contribution in [3.05, 3.63) is 0 Å². The van der Waals surface area contributed by atoms with Crippen molar-refractivity contribution in [2.75, 3.05) is 26.3 Å². The quantitative estimate of drug-likeness (QED) is 0.741. The first kappa shape index (κ1) is 12.0. The lowest BCUT2D eigenvalue weighted by atomic mass is 9.92. The van der Waals surface area contributed by atoms with Crippen molar-refractivity contribution in [2.45, 2.75) is 45.2 Å². The molecule has 2 N–H and O–H groups in total. The number of hydrogen-bond acceptors (Lipinski definition) is 3. The Labute approximate surface area is 87.6 Å². The maximum Gasteiger partial charge on any atom is 0.0594 e. The lowest BCUT2D eigenvalue weighted by Crippen LogP contribution is -2.52. The largest absolute Gasteiger partial charge is 0.379 e. The van der Waals surface area contributed by atoms with E-state index >= 15 is 0 Å². The van der Waals surface area contributed by atoms with Gasteiger partial charge in [-0.2, -0.15) is 0 Å². The molecule has 3 nitrogen and oxygen atoms in total. The second kappa shape index (κ2) is 5.10. The predicted octanol–water partition coefficient (Wildman–Crippen LogP) is 1.22. The molecule has 1 saturated heterocycles. The third-order valence-corrected chi connectivity index (χ3v) is 3.15. The third kappa shape index (κ3) is 3.23. The molecule has 1 aliphatic heterocycles. The van der Waals surface area contributed by atoms with E-state index in [2.05, 4.69) is 25.7 Å². The van der Waals surface area contributed by atoms with Crippen LogP contribution >= 0.6 is 0 Å². The minimum atomic E-state index is 0.221. The summed E-state index contributed by atoms with van der Waals surface area (Å²) in [6.45, 7) is 10.5. The van der Waals surface area contributed by atoms with Crippen molar-refractivity contribution in [1.82, 2.24) is 4.90 Å². The summed E-state index contributed by atoms with van der Waals surface area (Å²) in [7, 11) is 0. The van der Waals surface area contributed by atoms with Crippen molar-refractivity contribution in [2.24, 2.45) is 5.73 Å². The SMILES string of the molecule is CCC(N)CC(C)(C)N1CCOCC1. The number of nitrogens with zero attached hydrogens (tertiary/aromatic N) is 1. The lowest BCUT2D eigenvalue weighted by Gasteiger charge is -2.42. The van der Waals surface area contributed by atoms with Gasteiger partial charge < -0.3 is 10.5 Å². The fourth-order valence-electron chi connectivity index (χ4n) is 2.08. The highest BCUT2D eigenvalue weighted by atomic mass is 16.5. The summed E-state index contributed by atoms with van der Waals surface area (Å²) in [6.07, 6.45) is 2.14. The van der Waals surface area contributed by atoms with Gasteiger partial charge in [0, 0.05) is 24.7 Å². The first-order valence-corrected chi connectivity index (χ1v) is 5.64. The lowest BCUT2D eigenvalue weighted by molar-refractivity contribution is -0.0148. The normalized spacial score (nSPS) is 22.3. The molecule has 1 rings (SSSR count). The molecular weight excluding hydrogens is 176 g/mol. The fourth-order valence-corrected chi connectivity index (χ4v) is 2.08. The van der Waals surface area contributed by atoms with E-state index in [1.807, 2.05) is 0 Å². The molecule has 3 heteroatoms. The Morgan fingerprint density at radius 2 is 1.93 bits per heavy atom. The first-order chi connectivity index (χ1) is 6.56. The Bertz CT molecular complexity index is 165. The number of rotatable bonds is 4. The van der Waals surface area contributed by atoms with Crippen LogP contribution in [0.2, 0.25) is 0 Å². The van der Waals surface area contributed by atoms with E-state index in [0.29, 0.717) is 6.04 Å². The highest BCUT2D eigenvalue weighted by molar-refractivity contribution is 4.86. The fraction of sp³-hybridized carbons (Fsp3) is 1.00. The van der Waals surface area contributed by atoms with Crippen LogP contribution in [0.3, 0.4) is 0 Å². The topological polar surface area (TPSA) is 38.5 Å². The van der Waals surface area contributed by atoms with Gasteiger partial charge in [-0.15, -0.1) is 0 Å². The highest BCUT2D eigenvalue weighted by Crippen LogP contribution is 2.22. The predicted molar refractivity (Wildman–Crippen MR) is 59.4 cm³/mol. The molecule has 0 amide bonds. The Morgan fingerprint density at radius 1 is 1.36 bits per heavy atom. The van der Waals surface area contributed by atoms with E-state index in [0.717, 1.165) is 39.1 Å². The monoisotopic (exact) mass is 200 g/mol. The molecule has 84 valence electrons. The average molecular weight is 200 g/mol. The summed E-state index contributed by atoms with van der Waals surface area (Å²) in [4.78, 5) is 2.49. The summed E-state index contributed by atoms with van der Waals surface area (Å²) in [5.41, 5.74) is 6.23. The number of morpholine rings is 1. The number of nitrogens with two attached hydrogens (primary N) is 1.